The largest absolute Gasteiger partial charge is 0.465 e. The standard InChI is InChI=1S/C17H24N2O2/c20-17(21)19-10-7-13(8-11-19)12-16-15(6-3-9-18-16)14-4-1-2-5-14/h3,6,9,13-14H,1-2,4-5,7-8,10-12H2,(H,20,21). The number of nitrogens with zero attached hydrogens (tertiary/aromatic N) is 2. The van der Waals surface area contributed by atoms with Crippen molar-refractivity contribution in [2.75, 3.05) is 13.1 Å². The molecule has 3 rings (SSSR count). The molecule has 114 valence electrons. The molecule has 1 aromatic rings. The van der Waals surface area contributed by atoms with Crippen LogP contribution in [0.25, 0.3) is 0 Å². The molecule has 1 saturated carbocycles. The highest BCUT2D eigenvalue weighted by molar-refractivity contribution is 5.64. The van der Waals surface area contributed by atoms with E-state index in [1.807, 2.05) is 6.20 Å². The Labute approximate surface area is 126 Å². The lowest BCUT2D eigenvalue weighted by atomic mass is 9.87. The molecule has 2 heterocycles. The number of hydrogen-bond donors (Lipinski definition) is 1. The van der Waals surface area contributed by atoms with Gasteiger partial charge < -0.3 is 10.0 Å². The Morgan fingerprint density at radius 2 is 1.95 bits per heavy atom. The number of likely N-dealkylation sites (tertiary alicyclic amines) is 1. The minimum absolute atomic E-state index is 0.579. The molecule has 0 aromatic carbocycles. The van der Waals surface area contributed by atoms with Crippen molar-refractivity contribution in [1.82, 2.24) is 9.88 Å². The molecule has 0 atom stereocenters. The molecule has 1 aliphatic heterocycles. The monoisotopic (exact) mass is 288 g/mol. The van der Waals surface area contributed by atoms with E-state index in [2.05, 4.69) is 17.1 Å². The van der Waals surface area contributed by atoms with Crippen LogP contribution in [-0.4, -0.2) is 34.2 Å². The maximum absolute atomic E-state index is 11.0. The Kier molecular flexibility index (Phi) is 4.42. The third-order valence-electron chi connectivity index (χ3n) is 5.09. The van der Waals surface area contributed by atoms with E-state index in [0.717, 1.165) is 19.3 Å². The van der Waals surface area contributed by atoms with E-state index in [-0.39, 0.29) is 0 Å². The van der Waals surface area contributed by atoms with Gasteiger partial charge in [-0.15, -0.1) is 0 Å². The SMILES string of the molecule is O=C(O)N1CCC(Cc2ncccc2C2CCCC2)CC1. The molecular formula is C17H24N2O2. The van der Waals surface area contributed by atoms with E-state index < -0.39 is 6.09 Å². The molecule has 4 nitrogen and oxygen atoms in total. The zero-order chi connectivity index (χ0) is 14.7. The second-order valence-corrected chi connectivity index (χ2v) is 6.44. The van der Waals surface area contributed by atoms with Gasteiger partial charge in [0, 0.05) is 25.0 Å². The second kappa shape index (κ2) is 6.46. The number of piperidine rings is 1. The maximum Gasteiger partial charge on any atom is 0.407 e. The second-order valence-electron chi connectivity index (χ2n) is 6.44. The summed E-state index contributed by atoms with van der Waals surface area (Å²) in [5.41, 5.74) is 2.72. The first-order chi connectivity index (χ1) is 10.2. The number of carboxylic acid groups (broad SMARTS) is 1. The van der Waals surface area contributed by atoms with Crippen LogP contribution in [0.15, 0.2) is 18.3 Å². The summed E-state index contributed by atoms with van der Waals surface area (Å²) in [5, 5.41) is 9.02. The molecule has 21 heavy (non-hydrogen) atoms. The molecule has 0 spiro atoms. The van der Waals surface area contributed by atoms with Gasteiger partial charge in [-0.2, -0.15) is 0 Å². The Balaban J connectivity index is 1.64. The number of aromatic nitrogens is 1. The lowest BCUT2D eigenvalue weighted by Gasteiger charge is -2.30. The van der Waals surface area contributed by atoms with E-state index in [1.54, 1.807) is 0 Å². The fourth-order valence-electron chi connectivity index (χ4n) is 3.83. The highest BCUT2D eigenvalue weighted by atomic mass is 16.4. The average molecular weight is 288 g/mol. The zero-order valence-electron chi connectivity index (χ0n) is 12.5. The quantitative estimate of drug-likeness (QED) is 0.923. The summed E-state index contributed by atoms with van der Waals surface area (Å²) >= 11 is 0. The third kappa shape index (κ3) is 3.36. The fraction of sp³-hybridized carbons (Fsp3) is 0.647. The van der Waals surface area contributed by atoms with Crippen molar-refractivity contribution >= 4 is 6.09 Å². The van der Waals surface area contributed by atoms with Crippen molar-refractivity contribution in [2.24, 2.45) is 5.92 Å². The average Bonchev–Trinajstić information content (AvgIpc) is 3.02. The summed E-state index contributed by atoms with van der Waals surface area (Å²) in [5.74, 6) is 1.28. The molecule has 2 aliphatic rings. The smallest absolute Gasteiger partial charge is 0.407 e. The molecule has 0 radical (unpaired) electrons. The molecule has 4 heteroatoms. The first kappa shape index (κ1) is 14.4. The molecular weight excluding hydrogens is 264 g/mol. The number of rotatable bonds is 3. The van der Waals surface area contributed by atoms with Gasteiger partial charge in [-0.1, -0.05) is 18.9 Å². The van der Waals surface area contributed by atoms with Crippen molar-refractivity contribution in [3.8, 4) is 0 Å². The van der Waals surface area contributed by atoms with Crippen molar-refractivity contribution in [3.63, 3.8) is 0 Å². The molecule has 1 aliphatic carbocycles. The minimum Gasteiger partial charge on any atom is -0.465 e. The van der Waals surface area contributed by atoms with Gasteiger partial charge in [0.05, 0.1) is 0 Å². The molecule has 0 unspecified atom stereocenters. The van der Waals surface area contributed by atoms with Crippen LogP contribution in [0.5, 0.6) is 0 Å². The molecule has 1 saturated heterocycles. The Morgan fingerprint density at radius 3 is 2.62 bits per heavy atom. The minimum atomic E-state index is -0.780. The summed E-state index contributed by atoms with van der Waals surface area (Å²) in [7, 11) is 0. The Hall–Kier alpha value is -1.58. The molecule has 1 aromatic heterocycles. The molecule has 2 fully saturated rings. The van der Waals surface area contributed by atoms with Gasteiger partial charge in [0.2, 0.25) is 0 Å². The normalized spacial score (nSPS) is 20.9. The van der Waals surface area contributed by atoms with Gasteiger partial charge in [-0.05, 0) is 55.6 Å². The van der Waals surface area contributed by atoms with Crippen LogP contribution in [0.1, 0.15) is 55.7 Å². The zero-order valence-corrected chi connectivity index (χ0v) is 12.5. The Bertz CT molecular complexity index is 489. The van der Waals surface area contributed by atoms with Gasteiger partial charge in [-0.3, -0.25) is 4.98 Å². The fourth-order valence-corrected chi connectivity index (χ4v) is 3.83. The van der Waals surface area contributed by atoms with Crippen LogP contribution < -0.4 is 0 Å². The van der Waals surface area contributed by atoms with Gasteiger partial charge >= 0.3 is 6.09 Å². The highest BCUT2D eigenvalue weighted by Crippen LogP contribution is 2.36. The van der Waals surface area contributed by atoms with Gasteiger partial charge in [0.15, 0.2) is 0 Å². The number of hydrogen-bond acceptors (Lipinski definition) is 2. The van der Waals surface area contributed by atoms with Gasteiger partial charge in [-0.25, -0.2) is 4.79 Å². The number of amides is 1. The summed E-state index contributed by atoms with van der Waals surface area (Å²) in [6, 6.07) is 4.31. The van der Waals surface area contributed by atoms with Crippen LogP contribution >= 0.6 is 0 Å². The first-order valence-electron chi connectivity index (χ1n) is 8.15. The van der Waals surface area contributed by atoms with Crippen LogP contribution in [0, 0.1) is 5.92 Å². The predicted octanol–water partition coefficient (Wildman–Crippen LogP) is 3.67. The van der Waals surface area contributed by atoms with Gasteiger partial charge in [0.1, 0.15) is 0 Å². The van der Waals surface area contributed by atoms with Crippen LogP contribution in [0.2, 0.25) is 0 Å². The third-order valence-corrected chi connectivity index (χ3v) is 5.09. The lowest BCUT2D eigenvalue weighted by molar-refractivity contribution is 0.124. The Morgan fingerprint density at radius 1 is 1.24 bits per heavy atom. The lowest BCUT2D eigenvalue weighted by Crippen LogP contribution is -2.38. The van der Waals surface area contributed by atoms with Crippen molar-refractivity contribution in [3.05, 3.63) is 29.6 Å². The summed E-state index contributed by atoms with van der Waals surface area (Å²) in [6.45, 7) is 1.34. The van der Waals surface area contributed by atoms with E-state index in [1.165, 1.54) is 41.8 Å². The van der Waals surface area contributed by atoms with Gasteiger partial charge in [0.25, 0.3) is 0 Å². The van der Waals surface area contributed by atoms with E-state index in [4.69, 9.17) is 5.11 Å². The summed E-state index contributed by atoms with van der Waals surface area (Å²) < 4.78 is 0. The molecule has 1 amide bonds. The number of carbonyl (C=O) groups is 1. The van der Waals surface area contributed by atoms with Crippen LogP contribution in [0.4, 0.5) is 4.79 Å². The number of pyridine rings is 1. The van der Waals surface area contributed by atoms with Crippen molar-refractivity contribution < 1.29 is 9.90 Å². The van der Waals surface area contributed by atoms with E-state index in [0.29, 0.717) is 24.9 Å². The predicted molar refractivity (Wildman–Crippen MR) is 81.5 cm³/mol. The molecule has 0 bridgehead atoms. The van der Waals surface area contributed by atoms with E-state index >= 15 is 0 Å². The molecule has 1 N–H and O–H groups in total. The highest BCUT2D eigenvalue weighted by Gasteiger charge is 2.25. The van der Waals surface area contributed by atoms with Crippen LogP contribution in [-0.2, 0) is 6.42 Å². The van der Waals surface area contributed by atoms with Crippen molar-refractivity contribution in [2.45, 2.75) is 50.9 Å². The summed E-state index contributed by atoms with van der Waals surface area (Å²) in [4.78, 5) is 17.1. The van der Waals surface area contributed by atoms with E-state index in [9.17, 15) is 4.79 Å². The summed E-state index contributed by atoms with van der Waals surface area (Å²) in [6.07, 6.45) is 9.36. The maximum atomic E-state index is 11.0. The van der Waals surface area contributed by atoms with Crippen LogP contribution in [0.3, 0.4) is 0 Å². The first-order valence-corrected chi connectivity index (χ1v) is 8.15. The topological polar surface area (TPSA) is 53.4 Å². The van der Waals surface area contributed by atoms with Crippen molar-refractivity contribution in [1.29, 1.82) is 0 Å².